The molecule has 23 nitrogen and oxygen atoms in total. The van der Waals surface area contributed by atoms with E-state index in [-0.39, 0.29) is 30.7 Å². The Hall–Kier alpha value is -4.82. The van der Waals surface area contributed by atoms with Crippen molar-refractivity contribution >= 4 is 29.5 Å². The Morgan fingerprint density at radius 3 is 2.22 bits per heavy atom. The van der Waals surface area contributed by atoms with Gasteiger partial charge in [0.05, 0.1) is 43.4 Å². The van der Waals surface area contributed by atoms with E-state index < -0.39 is 139 Å². The van der Waals surface area contributed by atoms with Gasteiger partial charge in [0.1, 0.15) is 48.4 Å². The molecule has 354 valence electrons. The van der Waals surface area contributed by atoms with Gasteiger partial charge in [0.15, 0.2) is 24.8 Å². The number of aromatic nitrogens is 2. The van der Waals surface area contributed by atoms with Crippen molar-refractivity contribution in [2.75, 3.05) is 19.5 Å². The monoisotopic (exact) mass is 908 g/mol. The highest BCUT2D eigenvalue weighted by Crippen LogP contribution is 2.38. The third kappa shape index (κ3) is 11.5. The molecule has 3 heterocycles. The van der Waals surface area contributed by atoms with Gasteiger partial charge in [0, 0.05) is 11.8 Å². The Balaban J connectivity index is 1.41. The molecule has 2 aromatic rings. The van der Waals surface area contributed by atoms with E-state index in [2.05, 4.69) is 10.3 Å². The zero-order valence-electron chi connectivity index (χ0n) is 35.1. The van der Waals surface area contributed by atoms with Crippen LogP contribution in [0.4, 0.5) is 5.69 Å². The second-order valence-corrected chi connectivity index (χ2v) is 16.6. The number of amides is 1. The van der Waals surface area contributed by atoms with E-state index in [0.29, 0.717) is 5.69 Å². The maximum absolute atomic E-state index is 13.8. The standard InChI is InChI=1S/C41H56N4O19/c1-17-28(48)30(50)31(51)39(59-17)64-32-22(43-35(52)23-15-27(47)45-41(57)44-23)13-20(37(55)58-2)14-24(32)61-40-34(63-38(56)19-8-10-21(42)11-9-19)33(29(49)26(16-46)62-40)60-25(36(53)54)12-18-6-4-3-5-7-18/h8-11,15,17-18,20,22,24-26,28-34,39-40,46,48-51H,3-7,12-14,16,42H2,1-2H3,(H,43,52)(H,53,54)(H2,44,45,47,57)/t17?,20?,22?,24-,25+,26+,28-,29+,30+,31?,32-,33?,34?,39+,40-/m1/s1. The molecule has 0 spiro atoms. The molecule has 2 saturated carbocycles. The summed E-state index contributed by atoms with van der Waals surface area (Å²) in [5.41, 5.74) is 3.67. The Labute approximate surface area is 365 Å². The first-order valence-electron chi connectivity index (χ1n) is 21.1. The van der Waals surface area contributed by atoms with Gasteiger partial charge in [-0.05, 0) is 56.4 Å². The lowest BCUT2D eigenvalue weighted by atomic mass is 9.81. The number of hydrogen-bond acceptors (Lipinski definition) is 19. The highest BCUT2D eigenvalue weighted by molar-refractivity contribution is 5.92. The SMILES string of the molecule is COC(=O)C1CC(NC(=O)c2cc(=O)[nH]c(=O)[nH]2)[C@@H](O[C@@H]2OC(C)[C@@H](O)[C@H](O)C2O)[C@H](O[C@@H]2O[C@@H](CO)[C@H](O)C(O[C@@H](CC3CCCCC3)C(=O)O)C2OC(=O)c2ccc(N)cc2)C1. The summed E-state index contributed by atoms with van der Waals surface area (Å²) in [6.45, 7) is 0.498. The molecule has 2 saturated heterocycles. The maximum atomic E-state index is 13.8. The zero-order chi connectivity index (χ0) is 46.4. The molecular formula is C41H56N4O19. The average molecular weight is 909 g/mol. The molecule has 1 aromatic carbocycles. The number of aliphatic hydroxyl groups excluding tert-OH is 5. The summed E-state index contributed by atoms with van der Waals surface area (Å²) in [6, 6.07) is 4.95. The van der Waals surface area contributed by atoms with Crippen LogP contribution in [0.3, 0.4) is 0 Å². The summed E-state index contributed by atoms with van der Waals surface area (Å²) >= 11 is 0. The van der Waals surface area contributed by atoms with Gasteiger partial charge in [-0.2, -0.15) is 0 Å². The lowest BCUT2D eigenvalue weighted by Crippen LogP contribution is -2.65. The van der Waals surface area contributed by atoms with Gasteiger partial charge in [-0.1, -0.05) is 32.1 Å². The number of methoxy groups -OCH3 is 1. The van der Waals surface area contributed by atoms with Gasteiger partial charge in [0.2, 0.25) is 0 Å². The summed E-state index contributed by atoms with van der Waals surface area (Å²) in [7, 11) is 1.11. The number of rotatable bonds is 15. The van der Waals surface area contributed by atoms with Crippen molar-refractivity contribution in [2.45, 2.75) is 144 Å². The molecule has 15 atom stereocenters. The molecule has 0 bridgehead atoms. The number of carbonyl (C=O) groups excluding carboxylic acids is 3. The molecule has 6 rings (SSSR count). The van der Waals surface area contributed by atoms with E-state index >= 15 is 0 Å². The van der Waals surface area contributed by atoms with Crippen LogP contribution >= 0.6 is 0 Å². The summed E-state index contributed by atoms with van der Waals surface area (Å²) in [6.07, 6.45) is -18.0. The number of anilines is 1. The van der Waals surface area contributed by atoms with Crippen molar-refractivity contribution in [2.24, 2.45) is 11.8 Å². The quantitative estimate of drug-likeness (QED) is 0.0685. The zero-order valence-corrected chi connectivity index (χ0v) is 35.1. The van der Waals surface area contributed by atoms with Crippen molar-refractivity contribution in [1.29, 1.82) is 0 Å². The number of H-pyrrole nitrogens is 2. The molecule has 2 aliphatic heterocycles. The molecule has 64 heavy (non-hydrogen) atoms. The smallest absolute Gasteiger partial charge is 0.338 e. The van der Waals surface area contributed by atoms with Crippen LogP contribution in [0.2, 0.25) is 0 Å². The van der Waals surface area contributed by atoms with Crippen LogP contribution < -0.4 is 22.3 Å². The number of aromatic amines is 2. The van der Waals surface area contributed by atoms with Crippen LogP contribution in [0, 0.1) is 11.8 Å². The van der Waals surface area contributed by atoms with Crippen LogP contribution in [0.15, 0.2) is 39.9 Å². The molecule has 4 aliphatic rings. The van der Waals surface area contributed by atoms with Gasteiger partial charge in [0.25, 0.3) is 11.5 Å². The first-order valence-corrected chi connectivity index (χ1v) is 21.1. The predicted molar refractivity (Wildman–Crippen MR) is 215 cm³/mol. The van der Waals surface area contributed by atoms with E-state index in [1.54, 1.807) is 0 Å². The number of ether oxygens (including phenoxy) is 7. The van der Waals surface area contributed by atoms with Crippen LogP contribution in [-0.2, 0) is 42.7 Å². The molecule has 0 radical (unpaired) electrons. The minimum absolute atomic E-state index is 0.0361. The number of carboxylic acid groups (broad SMARTS) is 1. The average Bonchev–Trinajstić information content (AvgIpc) is 3.26. The third-order valence-corrected chi connectivity index (χ3v) is 12.1. The largest absolute Gasteiger partial charge is 0.479 e. The summed E-state index contributed by atoms with van der Waals surface area (Å²) in [4.78, 5) is 82.0. The molecule has 2 aliphatic carbocycles. The van der Waals surface area contributed by atoms with E-state index in [9.17, 15) is 59.4 Å². The summed E-state index contributed by atoms with van der Waals surface area (Å²) in [5.74, 6) is -5.41. The van der Waals surface area contributed by atoms with Gasteiger partial charge in [-0.3, -0.25) is 19.4 Å². The predicted octanol–water partition coefficient (Wildman–Crippen LogP) is -1.96. The highest BCUT2D eigenvalue weighted by Gasteiger charge is 2.54. The van der Waals surface area contributed by atoms with Gasteiger partial charge < -0.3 is 79.8 Å². The van der Waals surface area contributed by atoms with E-state index in [1.165, 1.54) is 31.2 Å². The third-order valence-electron chi connectivity index (χ3n) is 12.1. The number of nitrogen functional groups attached to an aromatic ring is 1. The Morgan fingerprint density at radius 2 is 1.58 bits per heavy atom. The number of nitrogens with one attached hydrogen (secondary N) is 3. The van der Waals surface area contributed by atoms with Crippen molar-refractivity contribution < 1.29 is 83.0 Å². The second-order valence-electron chi connectivity index (χ2n) is 16.6. The number of nitrogens with two attached hydrogens (primary N) is 1. The first kappa shape index (κ1) is 48.6. The molecule has 4 fully saturated rings. The molecule has 1 aromatic heterocycles. The van der Waals surface area contributed by atoms with Crippen molar-refractivity contribution in [3.05, 3.63) is 62.4 Å². The topological polar surface area (TPSA) is 358 Å². The number of hydrogen-bond donors (Lipinski definition) is 10. The highest BCUT2D eigenvalue weighted by atomic mass is 16.7. The van der Waals surface area contributed by atoms with E-state index in [0.717, 1.165) is 45.3 Å². The summed E-state index contributed by atoms with van der Waals surface area (Å²) in [5, 5.41) is 67.3. The fraction of sp³-hybridized carbons (Fsp3) is 0.659. The number of aliphatic hydroxyl groups is 5. The number of aliphatic carboxylic acids is 1. The number of benzene rings is 1. The number of esters is 2. The minimum atomic E-state index is -1.91. The van der Waals surface area contributed by atoms with Gasteiger partial charge in [-0.25, -0.2) is 14.4 Å². The second kappa shape index (κ2) is 21.4. The lowest BCUT2D eigenvalue weighted by Gasteiger charge is -2.48. The van der Waals surface area contributed by atoms with Crippen LogP contribution in [0.5, 0.6) is 0 Å². The Kier molecular flexibility index (Phi) is 16.3. The fourth-order valence-electron chi connectivity index (χ4n) is 8.69. The van der Waals surface area contributed by atoms with Crippen molar-refractivity contribution in [3.8, 4) is 0 Å². The van der Waals surface area contributed by atoms with E-state index in [4.69, 9.17) is 38.9 Å². The number of carbonyl (C=O) groups is 4. The van der Waals surface area contributed by atoms with Crippen molar-refractivity contribution in [3.63, 3.8) is 0 Å². The molecular weight excluding hydrogens is 852 g/mol. The van der Waals surface area contributed by atoms with Gasteiger partial charge >= 0.3 is 23.6 Å². The molecule has 1 amide bonds. The molecule has 11 N–H and O–H groups in total. The molecule has 23 heteroatoms. The van der Waals surface area contributed by atoms with Crippen molar-refractivity contribution in [1.82, 2.24) is 15.3 Å². The Bertz CT molecular complexity index is 2010. The van der Waals surface area contributed by atoms with Crippen LogP contribution in [-0.4, -0.2) is 164 Å². The normalized spacial score (nSPS) is 34.0. The number of carboxylic acids is 1. The minimum Gasteiger partial charge on any atom is -0.479 e. The van der Waals surface area contributed by atoms with Gasteiger partial charge in [-0.15, -0.1) is 0 Å². The lowest BCUT2D eigenvalue weighted by molar-refractivity contribution is -0.347. The Morgan fingerprint density at radius 1 is 0.875 bits per heavy atom. The van der Waals surface area contributed by atoms with E-state index in [1.807, 2.05) is 4.98 Å². The first-order chi connectivity index (χ1) is 30.5. The molecule has 6 unspecified atom stereocenters. The fourth-order valence-corrected chi connectivity index (χ4v) is 8.69. The summed E-state index contributed by atoms with van der Waals surface area (Å²) < 4.78 is 41.7. The maximum Gasteiger partial charge on any atom is 0.338 e. The van der Waals surface area contributed by atoms with Crippen LogP contribution in [0.25, 0.3) is 0 Å². The van der Waals surface area contributed by atoms with Crippen LogP contribution in [0.1, 0.15) is 79.1 Å².